The van der Waals surface area contributed by atoms with Crippen LogP contribution in [0.2, 0.25) is 0 Å². The highest BCUT2D eigenvalue weighted by atomic mass is 32.2. The second-order valence-corrected chi connectivity index (χ2v) is 7.77. The summed E-state index contributed by atoms with van der Waals surface area (Å²) in [6.45, 7) is 3.77. The van der Waals surface area contributed by atoms with Gasteiger partial charge in [0.25, 0.3) is 5.91 Å². The maximum absolute atomic E-state index is 13.2. The standard InChI is InChI=1S/C22H24N4O3S/c1-13-9-10-15(11-17(13)29-3)20-19(21(28)25-16-7-5-4-6-8-16)14(2)24-22(26-20)30-12-18(23)27/h4-11,20H,12H2,1-3H3,(H2,23,27)(H,24,26)(H,25,28)/t20-/m1/s1. The number of methoxy groups -OCH3 is 1. The van der Waals surface area contributed by atoms with Gasteiger partial charge in [0.05, 0.1) is 18.4 Å². The lowest BCUT2D eigenvalue weighted by Crippen LogP contribution is -2.32. The fourth-order valence-corrected chi connectivity index (χ4v) is 3.81. The van der Waals surface area contributed by atoms with E-state index in [4.69, 9.17) is 15.5 Å². The molecule has 1 atom stereocenters. The molecule has 3 rings (SSSR count). The third-order valence-corrected chi connectivity index (χ3v) is 5.50. The predicted octanol–water partition coefficient (Wildman–Crippen LogP) is 3.14. The molecule has 4 N–H and O–H groups in total. The molecule has 8 heteroatoms. The van der Waals surface area contributed by atoms with Gasteiger partial charge in [0.2, 0.25) is 5.91 Å². The third kappa shape index (κ3) is 5.01. The van der Waals surface area contributed by atoms with E-state index < -0.39 is 11.9 Å². The fourth-order valence-electron chi connectivity index (χ4n) is 3.12. The van der Waals surface area contributed by atoms with Crippen LogP contribution < -0.4 is 21.1 Å². The second-order valence-electron chi connectivity index (χ2n) is 6.80. The lowest BCUT2D eigenvalue weighted by Gasteiger charge is -2.26. The summed E-state index contributed by atoms with van der Waals surface area (Å²) in [5.74, 6) is 0.119. The number of aliphatic imine (C=N–C) groups is 1. The molecular weight excluding hydrogens is 400 g/mol. The zero-order chi connectivity index (χ0) is 21.7. The van der Waals surface area contributed by atoms with Gasteiger partial charge in [-0.05, 0) is 43.2 Å². The topological polar surface area (TPSA) is 106 Å². The zero-order valence-electron chi connectivity index (χ0n) is 17.1. The van der Waals surface area contributed by atoms with Crippen molar-refractivity contribution in [2.75, 3.05) is 18.2 Å². The Labute approximate surface area is 179 Å². The number of nitrogens with one attached hydrogen (secondary N) is 2. The van der Waals surface area contributed by atoms with Crippen LogP contribution >= 0.6 is 11.8 Å². The van der Waals surface area contributed by atoms with E-state index in [0.29, 0.717) is 27.9 Å². The summed E-state index contributed by atoms with van der Waals surface area (Å²) in [7, 11) is 1.61. The molecule has 1 heterocycles. The van der Waals surface area contributed by atoms with Gasteiger partial charge in [0, 0.05) is 11.4 Å². The Morgan fingerprint density at radius 1 is 1.20 bits per heavy atom. The first-order valence-electron chi connectivity index (χ1n) is 9.36. The van der Waals surface area contributed by atoms with Crippen molar-refractivity contribution in [1.82, 2.24) is 5.32 Å². The van der Waals surface area contributed by atoms with Gasteiger partial charge in [0.15, 0.2) is 5.17 Å². The zero-order valence-corrected chi connectivity index (χ0v) is 17.9. The number of nitrogens with zero attached hydrogens (tertiary/aromatic N) is 1. The number of amides is 2. The molecule has 156 valence electrons. The number of primary amides is 1. The maximum atomic E-state index is 13.2. The van der Waals surface area contributed by atoms with Crippen LogP contribution in [-0.2, 0) is 9.59 Å². The lowest BCUT2D eigenvalue weighted by molar-refractivity contribution is -0.115. The van der Waals surface area contributed by atoms with Gasteiger partial charge in [-0.3, -0.25) is 9.59 Å². The van der Waals surface area contributed by atoms with Crippen LogP contribution in [0.4, 0.5) is 5.69 Å². The largest absolute Gasteiger partial charge is 0.496 e. The molecule has 0 spiro atoms. The Balaban J connectivity index is 1.99. The normalized spacial score (nSPS) is 15.8. The molecular formula is C22H24N4O3S. The molecule has 0 saturated carbocycles. The number of thioether (sulfide) groups is 1. The molecule has 0 aromatic heterocycles. The molecule has 2 aromatic carbocycles. The van der Waals surface area contributed by atoms with Crippen molar-refractivity contribution in [2.24, 2.45) is 10.7 Å². The number of carbonyl (C=O) groups excluding carboxylic acids is 2. The molecule has 1 aliphatic heterocycles. The Hall–Kier alpha value is -3.26. The number of para-hydroxylation sites is 1. The van der Waals surface area contributed by atoms with Crippen molar-refractivity contribution < 1.29 is 14.3 Å². The molecule has 0 radical (unpaired) electrons. The Bertz CT molecular complexity index is 1020. The smallest absolute Gasteiger partial charge is 0.255 e. The molecule has 7 nitrogen and oxygen atoms in total. The Kier molecular flexibility index (Phi) is 6.79. The van der Waals surface area contributed by atoms with Crippen LogP contribution in [0.25, 0.3) is 0 Å². The predicted molar refractivity (Wildman–Crippen MR) is 120 cm³/mol. The molecule has 2 aromatic rings. The SMILES string of the molecule is COc1cc([C@H]2N=C(SCC(N)=O)NC(C)=C2C(=O)Nc2ccccc2)ccc1C. The number of nitrogens with two attached hydrogens (primary N) is 1. The highest BCUT2D eigenvalue weighted by molar-refractivity contribution is 8.14. The summed E-state index contributed by atoms with van der Waals surface area (Å²) in [5, 5.41) is 6.58. The highest BCUT2D eigenvalue weighted by Gasteiger charge is 2.30. The number of benzene rings is 2. The van der Waals surface area contributed by atoms with E-state index >= 15 is 0 Å². The minimum atomic E-state index is -0.556. The van der Waals surface area contributed by atoms with Crippen molar-refractivity contribution in [3.63, 3.8) is 0 Å². The monoisotopic (exact) mass is 424 g/mol. The summed E-state index contributed by atoms with van der Waals surface area (Å²) in [6, 6.07) is 14.4. The summed E-state index contributed by atoms with van der Waals surface area (Å²) in [4.78, 5) is 29.1. The van der Waals surface area contributed by atoms with Gasteiger partial charge >= 0.3 is 0 Å². The molecule has 1 aliphatic rings. The van der Waals surface area contributed by atoms with Crippen LogP contribution in [0.15, 0.2) is 64.8 Å². The van der Waals surface area contributed by atoms with E-state index in [1.165, 1.54) is 11.8 Å². The van der Waals surface area contributed by atoms with E-state index in [0.717, 1.165) is 11.1 Å². The minimum Gasteiger partial charge on any atom is -0.496 e. The number of carbonyl (C=O) groups is 2. The maximum Gasteiger partial charge on any atom is 0.255 e. The average molecular weight is 425 g/mol. The number of amidine groups is 1. The molecule has 0 unspecified atom stereocenters. The second kappa shape index (κ2) is 9.49. The van der Waals surface area contributed by atoms with Gasteiger partial charge in [0.1, 0.15) is 11.8 Å². The quantitative estimate of drug-likeness (QED) is 0.661. The third-order valence-electron chi connectivity index (χ3n) is 4.59. The van der Waals surface area contributed by atoms with E-state index in [-0.39, 0.29) is 11.7 Å². The van der Waals surface area contributed by atoms with E-state index in [1.54, 1.807) is 7.11 Å². The summed E-state index contributed by atoms with van der Waals surface area (Å²) >= 11 is 1.21. The fraction of sp³-hybridized carbons (Fsp3) is 0.227. The van der Waals surface area contributed by atoms with Crippen LogP contribution in [0, 0.1) is 6.92 Å². The first kappa shape index (κ1) is 21.4. The molecule has 2 amide bonds. The summed E-state index contributed by atoms with van der Waals surface area (Å²) in [5.41, 5.74) is 8.92. The van der Waals surface area contributed by atoms with E-state index in [2.05, 4.69) is 10.6 Å². The molecule has 30 heavy (non-hydrogen) atoms. The Morgan fingerprint density at radius 2 is 1.93 bits per heavy atom. The van der Waals surface area contributed by atoms with Crippen LogP contribution in [0.1, 0.15) is 24.1 Å². The number of hydrogen-bond acceptors (Lipinski definition) is 6. The van der Waals surface area contributed by atoms with E-state index in [9.17, 15) is 9.59 Å². The first-order chi connectivity index (χ1) is 14.4. The van der Waals surface area contributed by atoms with Crippen molar-refractivity contribution in [3.05, 3.63) is 70.9 Å². The van der Waals surface area contributed by atoms with Crippen LogP contribution in [0.5, 0.6) is 5.75 Å². The lowest BCUT2D eigenvalue weighted by atomic mass is 9.94. The number of ether oxygens (including phenoxy) is 1. The van der Waals surface area contributed by atoms with Crippen molar-refractivity contribution in [2.45, 2.75) is 19.9 Å². The summed E-state index contributed by atoms with van der Waals surface area (Å²) in [6.07, 6.45) is 0. The number of aryl methyl sites for hydroxylation is 1. The van der Waals surface area contributed by atoms with E-state index in [1.807, 2.05) is 62.4 Å². The molecule has 0 fully saturated rings. The van der Waals surface area contributed by atoms with Crippen LogP contribution in [0.3, 0.4) is 0 Å². The van der Waals surface area contributed by atoms with Gasteiger partial charge in [-0.25, -0.2) is 4.99 Å². The number of hydrogen-bond donors (Lipinski definition) is 3. The van der Waals surface area contributed by atoms with Crippen molar-refractivity contribution >= 4 is 34.4 Å². The number of rotatable bonds is 6. The van der Waals surface area contributed by atoms with Crippen LogP contribution in [-0.4, -0.2) is 29.8 Å². The van der Waals surface area contributed by atoms with Gasteiger partial charge in [-0.2, -0.15) is 0 Å². The summed E-state index contributed by atoms with van der Waals surface area (Å²) < 4.78 is 5.45. The van der Waals surface area contributed by atoms with Gasteiger partial charge < -0.3 is 21.1 Å². The minimum absolute atomic E-state index is 0.0919. The molecule has 0 bridgehead atoms. The first-order valence-corrected chi connectivity index (χ1v) is 10.3. The van der Waals surface area contributed by atoms with Crippen molar-refractivity contribution in [1.29, 1.82) is 0 Å². The van der Waals surface area contributed by atoms with Gasteiger partial charge in [-0.15, -0.1) is 0 Å². The number of anilines is 1. The van der Waals surface area contributed by atoms with Gasteiger partial charge in [-0.1, -0.05) is 42.1 Å². The average Bonchev–Trinajstić information content (AvgIpc) is 2.72. The van der Waals surface area contributed by atoms with Crippen molar-refractivity contribution in [3.8, 4) is 5.75 Å². The molecule has 0 aliphatic carbocycles. The highest BCUT2D eigenvalue weighted by Crippen LogP contribution is 2.35. The Morgan fingerprint density at radius 3 is 2.60 bits per heavy atom. The molecule has 0 saturated heterocycles. The number of allylic oxidation sites excluding steroid dienone is 1.